The van der Waals surface area contributed by atoms with Gasteiger partial charge < -0.3 is 5.73 Å². The van der Waals surface area contributed by atoms with Gasteiger partial charge in [-0.05, 0) is 24.2 Å². The lowest BCUT2D eigenvalue weighted by atomic mass is 9.82. The van der Waals surface area contributed by atoms with Crippen molar-refractivity contribution in [1.82, 2.24) is 4.90 Å². The van der Waals surface area contributed by atoms with E-state index in [0.29, 0.717) is 6.04 Å². The van der Waals surface area contributed by atoms with Crippen molar-refractivity contribution in [3.05, 3.63) is 0 Å². The highest BCUT2D eigenvalue weighted by molar-refractivity contribution is 4.93. The van der Waals surface area contributed by atoms with Crippen LogP contribution in [0.3, 0.4) is 0 Å². The lowest BCUT2D eigenvalue weighted by Crippen LogP contribution is -2.52. The number of hydrogen-bond donors (Lipinski definition) is 1. The summed E-state index contributed by atoms with van der Waals surface area (Å²) in [5.74, 6) is 1.63. The van der Waals surface area contributed by atoms with Crippen molar-refractivity contribution >= 4 is 0 Å². The second-order valence-corrected chi connectivity index (χ2v) is 6.58. The normalized spacial score (nSPS) is 33.0. The number of nitrogens with two attached hydrogens (primary N) is 1. The standard InChI is InChI=1S/C13H28N2/c1-9-7-15(8-10(9)2)12(11(3)14)13(4,5)6/h9-12H,7-8,14H2,1-6H3. The Balaban J connectivity index is 2.75. The van der Waals surface area contributed by atoms with Crippen LogP contribution in [0.5, 0.6) is 0 Å². The molecule has 2 N–H and O–H groups in total. The van der Waals surface area contributed by atoms with E-state index in [1.54, 1.807) is 0 Å². The van der Waals surface area contributed by atoms with Crippen LogP contribution in [0.1, 0.15) is 41.5 Å². The lowest BCUT2D eigenvalue weighted by Gasteiger charge is -2.41. The summed E-state index contributed by atoms with van der Waals surface area (Å²) in [5, 5.41) is 0. The first kappa shape index (κ1) is 13.0. The van der Waals surface area contributed by atoms with E-state index in [2.05, 4.69) is 46.4 Å². The molecule has 1 aliphatic rings. The van der Waals surface area contributed by atoms with Gasteiger partial charge in [-0.2, -0.15) is 0 Å². The average Bonchev–Trinajstić information content (AvgIpc) is 2.27. The van der Waals surface area contributed by atoms with Crippen LogP contribution in [0.4, 0.5) is 0 Å². The monoisotopic (exact) mass is 212 g/mol. The summed E-state index contributed by atoms with van der Waals surface area (Å²) in [5.41, 5.74) is 6.43. The van der Waals surface area contributed by atoms with Gasteiger partial charge in [0.1, 0.15) is 0 Å². The van der Waals surface area contributed by atoms with Gasteiger partial charge in [0.05, 0.1) is 0 Å². The van der Waals surface area contributed by atoms with E-state index in [4.69, 9.17) is 5.73 Å². The zero-order chi connectivity index (χ0) is 11.8. The maximum atomic E-state index is 6.15. The van der Waals surface area contributed by atoms with E-state index in [0.717, 1.165) is 11.8 Å². The second-order valence-electron chi connectivity index (χ2n) is 6.58. The van der Waals surface area contributed by atoms with Gasteiger partial charge in [-0.25, -0.2) is 0 Å². The molecule has 90 valence electrons. The van der Waals surface area contributed by atoms with Crippen molar-refractivity contribution in [2.75, 3.05) is 13.1 Å². The molecule has 1 fully saturated rings. The molecule has 4 atom stereocenters. The molecule has 0 amide bonds. The minimum absolute atomic E-state index is 0.252. The molecule has 2 heteroatoms. The Morgan fingerprint density at radius 1 is 1.13 bits per heavy atom. The van der Waals surface area contributed by atoms with Gasteiger partial charge in [0.25, 0.3) is 0 Å². The summed E-state index contributed by atoms with van der Waals surface area (Å²) in [6.45, 7) is 16.2. The van der Waals surface area contributed by atoms with Crippen molar-refractivity contribution < 1.29 is 0 Å². The highest BCUT2D eigenvalue weighted by Crippen LogP contribution is 2.32. The van der Waals surface area contributed by atoms with E-state index in [9.17, 15) is 0 Å². The van der Waals surface area contributed by atoms with Gasteiger partial charge >= 0.3 is 0 Å². The van der Waals surface area contributed by atoms with Crippen LogP contribution >= 0.6 is 0 Å². The van der Waals surface area contributed by atoms with E-state index < -0.39 is 0 Å². The van der Waals surface area contributed by atoms with Crippen LogP contribution in [0.2, 0.25) is 0 Å². The highest BCUT2D eigenvalue weighted by Gasteiger charge is 2.38. The molecule has 4 unspecified atom stereocenters. The molecule has 0 aromatic heterocycles. The predicted octanol–water partition coefficient (Wildman–Crippen LogP) is 2.34. The summed E-state index contributed by atoms with van der Waals surface area (Å²) in [6.07, 6.45) is 0. The van der Waals surface area contributed by atoms with E-state index in [-0.39, 0.29) is 11.5 Å². The quantitative estimate of drug-likeness (QED) is 0.761. The molecule has 0 saturated carbocycles. The Morgan fingerprint density at radius 2 is 1.53 bits per heavy atom. The number of hydrogen-bond acceptors (Lipinski definition) is 2. The Morgan fingerprint density at radius 3 is 1.80 bits per heavy atom. The molecule has 1 aliphatic heterocycles. The Hall–Kier alpha value is -0.0800. The second kappa shape index (κ2) is 4.42. The summed E-state index contributed by atoms with van der Waals surface area (Å²) in [4.78, 5) is 2.60. The molecule has 15 heavy (non-hydrogen) atoms. The Bertz CT molecular complexity index is 195. The third-order valence-electron chi connectivity index (χ3n) is 3.80. The summed E-state index contributed by atoms with van der Waals surface area (Å²) < 4.78 is 0. The van der Waals surface area contributed by atoms with Crippen LogP contribution in [0.15, 0.2) is 0 Å². The van der Waals surface area contributed by atoms with Crippen molar-refractivity contribution in [3.63, 3.8) is 0 Å². The van der Waals surface area contributed by atoms with Gasteiger partial charge in [-0.1, -0.05) is 34.6 Å². The predicted molar refractivity (Wildman–Crippen MR) is 66.8 cm³/mol. The molecule has 1 rings (SSSR count). The molecule has 0 spiro atoms. The molecule has 1 saturated heterocycles. The summed E-state index contributed by atoms with van der Waals surface area (Å²) >= 11 is 0. The third kappa shape index (κ3) is 2.94. The first-order valence-corrected chi connectivity index (χ1v) is 6.23. The van der Waals surface area contributed by atoms with Crippen molar-refractivity contribution in [2.45, 2.75) is 53.6 Å². The first-order valence-electron chi connectivity index (χ1n) is 6.23. The molecule has 0 radical (unpaired) electrons. The Labute approximate surface area is 95.2 Å². The summed E-state index contributed by atoms with van der Waals surface area (Å²) in [6, 6.07) is 0.757. The smallest absolute Gasteiger partial charge is 0.0293 e. The average molecular weight is 212 g/mol. The maximum absolute atomic E-state index is 6.15. The fourth-order valence-electron chi connectivity index (χ4n) is 3.07. The molecule has 0 aliphatic carbocycles. The minimum atomic E-state index is 0.252. The first-order chi connectivity index (χ1) is 6.73. The van der Waals surface area contributed by atoms with Gasteiger partial charge in [-0.15, -0.1) is 0 Å². The van der Waals surface area contributed by atoms with Gasteiger partial charge in [0, 0.05) is 25.2 Å². The Kier molecular flexibility index (Phi) is 3.83. The van der Waals surface area contributed by atoms with Crippen molar-refractivity contribution in [3.8, 4) is 0 Å². The maximum Gasteiger partial charge on any atom is 0.0293 e. The van der Waals surface area contributed by atoms with Crippen molar-refractivity contribution in [1.29, 1.82) is 0 Å². The number of nitrogens with zero attached hydrogens (tertiary/aromatic N) is 1. The molecule has 0 aromatic carbocycles. The van der Waals surface area contributed by atoms with Crippen LogP contribution in [0.25, 0.3) is 0 Å². The topological polar surface area (TPSA) is 29.3 Å². The minimum Gasteiger partial charge on any atom is -0.327 e. The van der Waals surface area contributed by atoms with Gasteiger partial charge in [-0.3, -0.25) is 4.90 Å². The fourth-order valence-corrected chi connectivity index (χ4v) is 3.07. The van der Waals surface area contributed by atoms with E-state index >= 15 is 0 Å². The fraction of sp³-hybridized carbons (Fsp3) is 1.00. The van der Waals surface area contributed by atoms with Crippen LogP contribution < -0.4 is 5.73 Å². The number of likely N-dealkylation sites (tertiary alicyclic amines) is 1. The van der Waals surface area contributed by atoms with Crippen LogP contribution in [-0.2, 0) is 0 Å². The molecule has 0 aromatic rings. The molecule has 1 heterocycles. The molecular weight excluding hydrogens is 184 g/mol. The lowest BCUT2D eigenvalue weighted by molar-refractivity contribution is 0.0999. The molecular formula is C13H28N2. The third-order valence-corrected chi connectivity index (χ3v) is 3.80. The van der Waals surface area contributed by atoms with Gasteiger partial charge in [0.15, 0.2) is 0 Å². The SMILES string of the molecule is CC(N)C(N1CC(C)C(C)C1)C(C)(C)C. The molecule has 2 nitrogen and oxygen atoms in total. The van der Waals surface area contributed by atoms with Crippen LogP contribution in [0, 0.1) is 17.3 Å². The van der Waals surface area contributed by atoms with Crippen molar-refractivity contribution in [2.24, 2.45) is 23.0 Å². The zero-order valence-corrected chi connectivity index (χ0v) is 11.2. The van der Waals surface area contributed by atoms with Crippen LogP contribution in [-0.4, -0.2) is 30.1 Å². The van der Waals surface area contributed by atoms with Gasteiger partial charge in [0.2, 0.25) is 0 Å². The van der Waals surface area contributed by atoms with E-state index in [1.807, 2.05) is 0 Å². The zero-order valence-electron chi connectivity index (χ0n) is 11.2. The molecule has 0 bridgehead atoms. The largest absolute Gasteiger partial charge is 0.327 e. The van der Waals surface area contributed by atoms with E-state index in [1.165, 1.54) is 13.1 Å². The summed E-state index contributed by atoms with van der Waals surface area (Å²) in [7, 11) is 0. The number of rotatable bonds is 2. The highest BCUT2D eigenvalue weighted by atomic mass is 15.2.